The van der Waals surface area contributed by atoms with Crippen LogP contribution < -0.4 is 0 Å². The minimum atomic E-state index is -0.466. The first kappa shape index (κ1) is 35.2. The molecule has 58 heavy (non-hydrogen) atoms. The maximum Gasteiger partial charge on any atom is 0.269 e. The molecule has 0 saturated carbocycles. The molecule has 9 rings (SSSR count). The van der Waals surface area contributed by atoms with Crippen LogP contribution in [0.1, 0.15) is 22.8 Å². The average Bonchev–Trinajstić information content (AvgIpc) is 4.07. The Morgan fingerprint density at radius 1 is 0.379 bits per heavy atom. The number of phenols is 1. The first-order valence-corrected chi connectivity index (χ1v) is 17.8. The Hall–Kier alpha value is -8.52. The van der Waals surface area contributed by atoms with Gasteiger partial charge in [0, 0.05) is 80.7 Å². The van der Waals surface area contributed by atoms with Gasteiger partial charge in [-0.05, 0) is 119 Å². The number of non-ortho nitro benzene ring substituents is 3. The zero-order valence-electron chi connectivity index (χ0n) is 30.0. The number of aromatic hydroxyl groups is 1. The fourth-order valence-electron chi connectivity index (χ4n) is 7.30. The summed E-state index contributed by atoms with van der Waals surface area (Å²) in [5.41, 5.74) is 10.0. The number of H-pyrrole nitrogens is 2. The number of fused-ring (bicyclic) bond motifs is 8. The molecule has 3 aromatic heterocycles. The molecule has 0 fully saturated rings. The fraction of sp³-hybridized carbons (Fsp3) is 0. The summed E-state index contributed by atoms with van der Waals surface area (Å²) in [6.07, 6.45) is 7.45. The highest BCUT2D eigenvalue weighted by molar-refractivity contribution is 6.00. The summed E-state index contributed by atoms with van der Waals surface area (Å²) in [5, 5.41) is 45.0. The van der Waals surface area contributed by atoms with Gasteiger partial charge < -0.3 is 15.1 Å². The number of hydrogen-bond acceptors (Lipinski definition) is 9. The molecule has 0 unspecified atom stereocenters. The molecule has 0 radical (unpaired) electrons. The van der Waals surface area contributed by atoms with Crippen LogP contribution >= 0.6 is 0 Å². The largest absolute Gasteiger partial charge is 0.508 e. The van der Waals surface area contributed by atoms with Crippen LogP contribution in [0.15, 0.2) is 121 Å². The van der Waals surface area contributed by atoms with Crippen molar-refractivity contribution in [2.24, 2.45) is 0 Å². The quantitative estimate of drug-likeness (QED) is 0.104. The van der Waals surface area contributed by atoms with Gasteiger partial charge in [0.25, 0.3) is 17.1 Å². The minimum Gasteiger partial charge on any atom is -0.508 e. The Balaban J connectivity index is 1.44. The molecular formula is C44H27N7O7. The number of nitro benzene ring substituents is 3. The van der Waals surface area contributed by atoms with E-state index in [0.717, 1.165) is 5.56 Å². The van der Waals surface area contributed by atoms with Gasteiger partial charge in [-0.15, -0.1) is 0 Å². The molecule has 0 amide bonds. The van der Waals surface area contributed by atoms with Gasteiger partial charge in [0.2, 0.25) is 0 Å². The summed E-state index contributed by atoms with van der Waals surface area (Å²) in [6, 6.07) is 32.9. The third-order valence-electron chi connectivity index (χ3n) is 10.0. The lowest BCUT2D eigenvalue weighted by Crippen LogP contribution is -1.91. The molecule has 0 saturated heterocycles. The number of phenolic OH excluding ortho intramolecular Hbond substituents is 1. The first-order valence-electron chi connectivity index (χ1n) is 17.8. The van der Waals surface area contributed by atoms with Crippen LogP contribution in [0, 0.1) is 30.3 Å². The van der Waals surface area contributed by atoms with Crippen molar-refractivity contribution in [2.45, 2.75) is 0 Å². The second-order valence-electron chi connectivity index (χ2n) is 13.5. The smallest absolute Gasteiger partial charge is 0.269 e. The van der Waals surface area contributed by atoms with E-state index < -0.39 is 14.8 Å². The SMILES string of the molecule is O=[N+]([O-])c1ccc(-c2c3nc(c(-c4ccc([N+](=O)[O-])cc4)c4ccc([nH]4)c(-c4ccc([N+](=O)[O-])cc4)c4nc(c(-c5ccc(O)cc5)c5ccc2[nH]5)C=C4)C=C3)cc1. The van der Waals surface area contributed by atoms with E-state index in [0.29, 0.717) is 83.8 Å². The van der Waals surface area contributed by atoms with E-state index >= 15 is 0 Å². The fourth-order valence-corrected chi connectivity index (χ4v) is 7.30. The number of nitrogens with zero attached hydrogens (tertiary/aromatic N) is 5. The van der Waals surface area contributed by atoms with Crippen molar-refractivity contribution < 1.29 is 19.9 Å². The van der Waals surface area contributed by atoms with Crippen LogP contribution in [0.25, 0.3) is 90.9 Å². The van der Waals surface area contributed by atoms with E-state index in [1.165, 1.54) is 36.4 Å². The molecule has 14 nitrogen and oxygen atoms in total. The van der Waals surface area contributed by atoms with E-state index in [1.54, 1.807) is 60.7 Å². The van der Waals surface area contributed by atoms with Crippen LogP contribution in [0.5, 0.6) is 5.75 Å². The maximum absolute atomic E-state index is 11.6. The zero-order valence-corrected chi connectivity index (χ0v) is 30.0. The number of hydrogen-bond donors (Lipinski definition) is 3. The normalized spacial score (nSPS) is 11.8. The summed E-state index contributed by atoms with van der Waals surface area (Å²) in [5.74, 6) is 0.0917. The highest BCUT2D eigenvalue weighted by Gasteiger charge is 2.20. The molecule has 7 aromatic rings. The monoisotopic (exact) mass is 765 g/mol. The number of rotatable bonds is 7. The Labute approximate surface area is 327 Å². The summed E-state index contributed by atoms with van der Waals surface area (Å²) in [7, 11) is 0. The van der Waals surface area contributed by atoms with E-state index in [4.69, 9.17) is 9.97 Å². The predicted octanol–water partition coefficient (Wildman–Crippen LogP) is 10.8. The molecule has 5 heterocycles. The van der Waals surface area contributed by atoms with Crippen LogP contribution in [0.2, 0.25) is 0 Å². The molecule has 0 atom stereocenters. The zero-order chi connectivity index (χ0) is 40.1. The first-order chi connectivity index (χ1) is 28.1. The van der Waals surface area contributed by atoms with Crippen molar-refractivity contribution in [3.63, 3.8) is 0 Å². The van der Waals surface area contributed by atoms with Gasteiger partial charge in [0.1, 0.15) is 5.75 Å². The van der Waals surface area contributed by atoms with Gasteiger partial charge >= 0.3 is 0 Å². The molecule has 2 aliphatic rings. The summed E-state index contributed by atoms with van der Waals surface area (Å²) >= 11 is 0. The van der Waals surface area contributed by atoms with E-state index in [1.807, 2.05) is 48.6 Å². The summed E-state index contributed by atoms with van der Waals surface area (Å²) in [4.78, 5) is 50.8. The minimum absolute atomic E-state index is 0.0665. The molecule has 2 aliphatic heterocycles. The van der Waals surface area contributed by atoms with E-state index in [2.05, 4.69) is 9.97 Å². The van der Waals surface area contributed by atoms with Crippen molar-refractivity contribution in [1.82, 2.24) is 19.9 Å². The van der Waals surface area contributed by atoms with Gasteiger partial charge in [-0.2, -0.15) is 0 Å². The number of aromatic amines is 2. The van der Waals surface area contributed by atoms with Gasteiger partial charge in [0.15, 0.2) is 0 Å². The van der Waals surface area contributed by atoms with E-state index in [-0.39, 0.29) is 22.8 Å². The Bertz CT molecular complexity index is 3020. The Morgan fingerprint density at radius 3 is 0.862 bits per heavy atom. The van der Waals surface area contributed by atoms with Gasteiger partial charge in [0.05, 0.1) is 37.5 Å². The molecule has 14 heteroatoms. The Kier molecular flexibility index (Phi) is 8.47. The standard InChI is InChI=1S/C44H27N7O7/c52-32-15-7-28(8-16-32)44-39-23-21-37(47-39)42(26-3-11-30(12-4-26)50(55)56)35-19-17-33(45-35)41(25-1-9-29(10-2-25)49(53)54)34-18-20-36(46-34)43(38-22-24-40(44)48-38)27-5-13-31(14-6-27)51(57)58/h1-24,45,48,52H. The van der Waals surface area contributed by atoms with Gasteiger partial charge in [-0.1, -0.05) is 12.1 Å². The third kappa shape index (κ3) is 6.31. The Morgan fingerprint density at radius 2 is 0.621 bits per heavy atom. The summed E-state index contributed by atoms with van der Waals surface area (Å²) in [6.45, 7) is 0. The van der Waals surface area contributed by atoms with Gasteiger partial charge in [-0.3, -0.25) is 30.3 Å². The van der Waals surface area contributed by atoms with Crippen LogP contribution in [-0.2, 0) is 0 Å². The van der Waals surface area contributed by atoms with Crippen LogP contribution in [-0.4, -0.2) is 39.8 Å². The molecular weight excluding hydrogens is 739 g/mol. The number of benzene rings is 4. The van der Waals surface area contributed by atoms with Crippen molar-refractivity contribution in [1.29, 1.82) is 0 Å². The van der Waals surface area contributed by atoms with Crippen molar-refractivity contribution in [3.05, 3.63) is 174 Å². The second-order valence-corrected chi connectivity index (χ2v) is 13.5. The number of nitro groups is 3. The highest BCUT2D eigenvalue weighted by Crippen LogP contribution is 2.39. The molecule has 8 bridgehead atoms. The van der Waals surface area contributed by atoms with Gasteiger partial charge in [-0.25, -0.2) is 9.97 Å². The third-order valence-corrected chi connectivity index (χ3v) is 10.0. The average molecular weight is 766 g/mol. The lowest BCUT2D eigenvalue weighted by atomic mass is 10.0. The second kappa shape index (κ2) is 14.0. The molecule has 3 N–H and O–H groups in total. The van der Waals surface area contributed by atoms with Crippen molar-refractivity contribution in [2.75, 3.05) is 0 Å². The van der Waals surface area contributed by atoms with Crippen molar-refractivity contribution >= 4 is 63.4 Å². The lowest BCUT2D eigenvalue weighted by Gasteiger charge is -2.07. The van der Waals surface area contributed by atoms with Crippen LogP contribution in [0.3, 0.4) is 0 Å². The lowest BCUT2D eigenvalue weighted by molar-refractivity contribution is -0.385. The molecule has 280 valence electrons. The predicted molar refractivity (Wildman–Crippen MR) is 222 cm³/mol. The number of aromatic nitrogens is 4. The van der Waals surface area contributed by atoms with E-state index in [9.17, 15) is 35.4 Å². The van der Waals surface area contributed by atoms with Crippen molar-refractivity contribution in [3.8, 4) is 50.3 Å². The molecule has 4 aromatic carbocycles. The maximum atomic E-state index is 11.6. The number of nitrogens with one attached hydrogen (secondary N) is 2. The topological polar surface area (TPSA) is 207 Å². The van der Waals surface area contributed by atoms with Crippen LogP contribution in [0.4, 0.5) is 17.1 Å². The molecule has 0 aliphatic carbocycles. The highest BCUT2D eigenvalue weighted by atomic mass is 16.6. The molecule has 0 spiro atoms. The summed E-state index contributed by atoms with van der Waals surface area (Å²) < 4.78 is 0.